The molecule has 2 aromatic heterocycles. The van der Waals surface area contributed by atoms with Crippen molar-refractivity contribution in [3.63, 3.8) is 0 Å². The van der Waals surface area contributed by atoms with Gasteiger partial charge in [0.1, 0.15) is 5.01 Å². The van der Waals surface area contributed by atoms with Gasteiger partial charge in [-0.2, -0.15) is 9.49 Å². The summed E-state index contributed by atoms with van der Waals surface area (Å²) >= 11 is 1.52. The number of hydrogen-bond acceptors (Lipinski definition) is 7. The lowest BCUT2D eigenvalue weighted by molar-refractivity contribution is 0.584. The molecule has 0 aliphatic rings. The number of fused-ring (bicyclic) bond motifs is 1. The Labute approximate surface area is 136 Å². The molecule has 1 aromatic carbocycles. The highest BCUT2D eigenvalue weighted by atomic mass is 32.1. The van der Waals surface area contributed by atoms with E-state index in [9.17, 15) is 4.39 Å². The number of hydrazone groups is 1. The fourth-order valence-electron chi connectivity index (χ4n) is 1.73. The third-order valence-electron chi connectivity index (χ3n) is 2.61. The van der Waals surface area contributed by atoms with Gasteiger partial charge in [-0.05, 0) is 29.8 Å². The molecule has 0 spiro atoms. The minimum atomic E-state index is -0.494. The van der Waals surface area contributed by atoms with Crippen LogP contribution in [0.15, 0.2) is 41.6 Å². The molecule has 0 atom stereocenters. The summed E-state index contributed by atoms with van der Waals surface area (Å²) < 4.78 is 13.8. The standard InChI is InChI=1S/C13H9FN4S.2CHN/c14-12-4-2-9(7-16-12)13-18-10-3-1-8(6-17-15)5-11(10)19-13;2*1-2/h1-7H,15H2;2*1H. The van der Waals surface area contributed by atoms with Crippen LogP contribution in [0.5, 0.6) is 0 Å². The molecule has 0 radical (unpaired) electrons. The summed E-state index contributed by atoms with van der Waals surface area (Å²) in [5.41, 5.74) is 2.61. The molecule has 0 bridgehead atoms. The molecular formula is C15H11FN6S. The van der Waals surface area contributed by atoms with Crippen LogP contribution in [0.4, 0.5) is 4.39 Å². The SMILES string of the molecule is C#N.C#N.NN=Cc1ccc2nc(-c3ccc(F)nc3)sc2c1. The van der Waals surface area contributed by atoms with Gasteiger partial charge >= 0.3 is 0 Å². The van der Waals surface area contributed by atoms with Gasteiger partial charge in [-0.1, -0.05) is 6.07 Å². The number of thiazole rings is 1. The van der Waals surface area contributed by atoms with Crippen LogP contribution >= 0.6 is 11.3 Å². The van der Waals surface area contributed by atoms with Crippen LogP contribution in [0, 0.1) is 29.6 Å². The monoisotopic (exact) mass is 326 g/mol. The number of nitriles is 2. The van der Waals surface area contributed by atoms with Crippen LogP contribution in [-0.2, 0) is 0 Å². The molecule has 0 saturated heterocycles. The Morgan fingerprint density at radius 1 is 1.17 bits per heavy atom. The average Bonchev–Trinajstić information content (AvgIpc) is 3.03. The van der Waals surface area contributed by atoms with Crippen LogP contribution in [0.2, 0.25) is 0 Å². The molecular weight excluding hydrogens is 315 g/mol. The highest BCUT2D eigenvalue weighted by molar-refractivity contribution is 7.21. The Bertz CT molecular complexity index is 829. The number of benzene rings is 1. The van der Waals surface area contributed by atoms with Crippen molar-refractivity contribution in [1.82, 2.24) is 9.97 Å². The number of pyridine rings is 1. The number of nitrogens with zero attached hydrogens (tertiary/aromatic N) is 5. The fourth-order valence-corrected chi connectivity index (χ4v) is 2.74. The van der Waals surface area contributed by atoms with Crippen molar-refractivity contribution >= 4 is 27.8 Å². The highest BCUT2D eigenvalue weighted by Crippen LogP contribution is 2.30. The summed E-state index contributed by atoms with van der Waals surface area (Å²) in [4.78, 5) is 8.13. The van der Waals surface area contributed by atoms with Crippen molar-refractivity contribution in [1.29, 1.82) is 10.5 Å². The van der Waals surface area contributed by atoms with Crippen LogP contribution in [0.1, 0.15) is 5.56 Å². The van der Waals surface area contributed by atoms with E-state index < -0.39 is 5.95 Å². The maximum atomic E-state index is 12.8. The Hall–Kier alpha value is -3.36. The quantitative estimate of drug-likeness (QED) is 0.336. The maximum Gasteiger partial charge on any atom is 0.212 e. The van der Waals surface area contributed by atoms with Gasteiger partial charge < -0.3 is 5.84 Å². The first kappa shape index (κ1) is 17.7. The first-order valence-electron chi connectivity index (χ1n) is 6.04. The summed E-state index contributed by atoms with van der Waals surface area (Å²) in [5.74, 6) is 4.63. The number of nitrogens with two attached hydrogens (primary N) is 1. The Kier molecular flexibility index (Phi) is 6.79. The fraction of sp³-hybridized carbons (Fsp3) is 0. The summed E-state index contributed by atoms with van der Waals surface area (Å²) in [6, 6.07) is 8.76. The van der Waals surface area contributed by atoms with Crippen LogP contribution in [0.25, 0.3) is 20.8 Å². The van der Waals surface area contributed by atoms with Gasteiger partial charge in [-0.25, -0.2) is 20.5 Å². The van der Waals surface area contributed by atoms with E-state index in [4.69, 9.17) is 16.4 Å². The molecule has 23 heavy (non-hydrogen) atoms. The molecule has 2 N–H and O–H groups in total. The zero-order chi connectivity index (χ0) is 17.2. The number of halogens is 1. The third-order valence-corrected chi connectivity index (χ3v) is 3.68. The van der Waals surface area contributed by atoms with Crippen molar-refractivity contribution in [2.75, 3.05) is 0 Å². The summed E-state index contributed by atoms with van der Waals surface area (Å²) in [5, 5.41) is 17.3. The van der Waals surface area contributed by atoms with Gasteiger partial charge in [-0.15, -0.1) is 11.3 Å². The van der Waals surface area contributed by atoms with E-state index in [-0.39, 0.29) is 0 Å². The second-order valence-electron chi connectivity index (χ2n) is 3.89. The number of aromatic nitrogens is 2. The van der Waals surface area contributed by atoms with Crippen molar-refractivity contribution in [3.05, 3.63) is 48.0 Å². The first-order chi connectivity index (χ1) is 11.3. The van der Waals surface area contributed by atoms with Crippen molar-refractivity contribution in [2.24, 2.45) is 10.9 Å². The van der Waals surface area contributed by atoms with Gasteiger partial charge in [0.2, 0.25) is 5.95 Å². The number of rotatable bonds is 2. The highest BCUT2D eigenvalue weighted by Gasteiger charge is 2.07. The van der Waals surface area contributed by atoms with E-state index in [0.717, 1.165) is 26.4 Å². The molecule has 3 aromatic rings. The van der Waals surface area contributed by atoms with E-state index in [1.807, 2.05) is 18.2 Å². The average molecular weight is 326 g/mol. The van der Waals surface area contributed by atoms with Crippen molar-refractivity contribution < 1.29 is 4.39 Å². The predicted molar refractivity (Wildman–Crippen MR) is 87.9 cm³/mol. The minimum Gasteiger partial charge on any atom is -0.323 e. The largest absolute Gasteiger partial charge is 0.323 e. The maximum absolute atomic E-state index is 12.8. The second kappa shape index (κ2) is 8.82. The normalized spacial score (nSPS) is 9.61. The predicted octanol–water partition coefficient (Wildman–Crippen LogP) is 3.07. The van der Waals surface area contributed by atoms with Crippen molar-refractivity contribution in [3.8, 4) is 23.7 Å². The van der Waals surface area contributed by atoms with Crippen LogP contribution in [-0.4, -0.2) is 16.2 Å². The summed E-state index contributed by atoms with van der Waals surface area (Å²) in [6.07, 6.45) is 3.06. The lowest BCUT2D eigenvalue weighted by Crippen LogP contribution is -1.85. The molecule has 0 fully saturated rings. The summed E-state index contributed by atoms with van der Waals surface area (Å²) in [6.45, 7) is 7.00. The molecule has 114 valence electrons. The van der Waals surface area contributed by atoms with Gasteiger partial charge in [0.05, 0.1) is 16.4 Å². The van der Waals surface area contributed by atoms with Gasteiger partial charge in [0, 0.05) is 24.9 Å². The van der Waals surface area contributed by atoms with E-state index in [0.29, 0.717) is 0 Å². The van der Waals surface area contributed by atoms with Gasteiger partial charge in [0.15, 0.2) is 0 Å². The van der Waals surface area contributed by atoms with E-state index in [2.05, 4.69) is 28.2 Å². The molecule has 0 unspecified atom stereocenters. The molecule has 0 aliphatic heterocycles. The lowest BCUT2D eigenvalue weighted by atomic mass is 10.2. The number of hydrogen-bond donors (Lipinski definition) is 1. The minimum absolute atomic E-state index is 0.494. The summed E-state index contributed by atoms with van der Waals surface area (Å²) in [7, 11) is 0. The van der Waals surface area contributed by atoms with Gasteiger partial charge in [-0.3, -0.25) is 0 Å². The molecule has 0 amide bonds. The van der Waals surface area contributed by atoms with Crippen LogP contribution < -0.4 is 5.84 Å². The topological polar surface area (TPSA) is 112 Å². The lowest BCUT2D eigenvalue weighted by Gasteiger charge is -1.93. The van der Waals surface area contributed by atoms with E-state index >= 15 is 0 Å². The first-order valence-corrected chi connectivity index (χ1v) is 6.85. The Balaban J connectivity index is 0.000000615. The van der Waals surface area contributed by atoms with Crippen molar-refractivity contribution in [2.45, 2.75) is 0 Å². The molecule has 0 aliphatic carbocycles. The molecule has 6 nitrogen and oxygen atoms in total. The smallest absolute Gasteiger partial charge is 0.212 e. The van der Waals surface area contributed by atoms with E-state index in [1.165, 1.54) is 23.6 Å². The van der Waals surface area contributed by atoms with Crippen LogP contribution in [0.3, 0.4) is 0 Å². The molecule has 3 rings (SSSR count). The molecule has 0 saturated carbocycles. The van der Waals surface area contributed by atoms with E-state index in [1.54, 1.807) is 12.3 Å². The Morgan fingerprint density at radius 2 is 1.91 bits per heavy atom. The Morgan fingerprint density at radius 3 is 2.52 bits per heavy atom. The third kappa shape index (κ3) is 4.30. The second-order valence-corrected chi connectivity index (χ2v) is 4.92. The molecule has 2 heterocycles. The zero-order valence-electron chi connectivity index (χ0n) is 11.8. The van der Waals surface area contributed by atoms with Gasteiger partial charge in [0.25, 0.3) is 0 Å². The molecule has 8 heteroatoms. The zero-order valence-corrected chi connectivity index (χ0v) is 12.6.